The predicted octanol–water partition coefficient (Wildman–Crippen LogP) is 1.36. The molecule has 1 rings (SSSR count). The van der Waals surface area contributed by atoms with E-state index in [2.05, 4.69) is 25.1 Å². The minimum Gasteiger partial charge on any atom is -0.330 e. The lowest BCUT2D eigenvalue weighted by Gasteiger charge is -2.07. The third-order valence-electron chi connectivity index (χ3n) is 2.13. The van der Waals surface area contributed by atoms with Crippen molar-refractivity contribution in [3.8, 4) is 0 Å². The summed E-state index contributed by atoms with van der Waals surface area (Å²) in [6.45, 7) is 5.03. The smallest absolute Gasteiger partial charge is 0.0522 e. The Labute approximate surface area is 73.6 Å². The van der Waals surface area contributed by atoms with Crippen LogP contribution in [-0.2, 0) is 6.42 Å². The molecular weight excluding hydrogens is 150 g/mol. The normalized spacial score (nSPS) is 13.2. The minimum atomic E-state index is 0.497. The Morgan fingerprint density at radius 2 is 2.42 bits per heavy atom. The largest absolute Gasteiger partial charge is 0.330 e. The number of nitrogens with zero attached hydrogens (tertiary/aromatic N) is 2. The van der Waals surface area contributed by atoms with Gasteiger partial charge in [-0.3, -0.25) is 4.68 Å². The van der Waals surface area contributed by atoms with E-state index in [1.54, 1.807) is 0 Å². The van der Waals surface area contributed by atoms with Crippen molar-refractivity contribution in [1.29, 1.82) is 0 Å². The second-order valence-corrected chi connectivity index (χ2v) is 3.12. The number of aromatic nitrogens is 2. The Balaban J connectivity index is 2.63. The SMILES string of the molecule is CC[C@@H](C)n1cc(CCN)cn1. The molecule has 0 radical (unpaired) electrons. The third-order valence-corrected chi connectivity index (χ3v) is 2.13. The van der Waals surface area contributed by atoms with Crippen molar-refractivity contribution in [2.75, 3.05) is 6.54 Å². The van der Waals surface area contributed by atoms with E-state index in [-0.39, 0.29) is 0 Å². The van der Waals surface area contributed by atoms with Gasteiger partial charge in [-0.25, -0.2) is 0 Å². The van der Waals surface area contributed by atoms with Crippen LogP contribution in [0.1, 0.15) is 31.9 Å². The van der Waals surface area contributed by atoms with Crippen LogP contribution in [0.25, 0.3) is 0 Å². The van der Waals surface area contributed by atoms with Crippen molar-refractivity contribution >= 4 is 0 Å². The molecule has 1 atom stereocenters. The van der Waals surface area contributed by atoms with Crippen LogP contribution in [0.5, 0.6) is 0 Å². The zero-order valence-electron chi connectivity index (χ0n) is 7.83. The van der Waals surface area contributed by atoms with Crippen LogP contribution < -0.4 is 5.73 Å². The van der Waals surface area contributed by atoms with Crippen LogP contribution in [0, 0.1) is 0 Å². The zero-order valence-corrected chi connectivity index (χ0v) is 7.83. The lowest BCUT2D eigenvalue weighted by atomic mass is 10.2. The van der Waals surface area contributed by atoms with Crippen LogP contribution in [0.4, 0.5) is 0 Å². The van der Waals surface area contributed by atoms with Crippen LogP contribution in [0.15, 0.2) is 12.4 Å². The average molecular weight is 167 g/mol. The monoisotopic (exact) mass is 167 g/mol. The van der Waals surface area contributed by atoms with Crippen LogP contribution in [0.2, 0.25) is 0 Å². The fraction of sp³-hybridized carbons (Fsp3) is 0.667. The van der Waals surface area contributed by atoms with E-state index in [0.717, 1.165) is 12.8 Å². The molecule has 0 aliphatic carbocycles. The van der Waals surface area contributed by atoms with E-state index in [1.807, 2.05) is 10.9 Å². The number of hydrogen-bond acceptors (Lipinski definition) is 2. The first-order valence-electron chi connectivity index (χ1n) is 4.51. The molecule has 3 nitrogen and oxygen atoms in total. The third kappa shape index (κ3) is 2.08. The Hall–Kier alpha value is -0.830. The molecule has 0 unspecified atom stereocenters. The molecule has 0 spiro atoms. The Kier molecular flexibility index (Phi) is 3.29. The molecule has 1 aromatic rings. The molecule has 0 aliphatic heterocycles. The maximum Gasteiger partial charge on any atom is 0.0522 e. The van der Waals surface area contributed by atoms with Crippen molar-refractivity contribution in [2.24, 2.45) is 5.73 Å². The van der Waals surface area contributed by atoms with Crippen molar-refractivity contribution in [1.82, 2.24) is 9.78 Å². The van der Waals surface area contributed by atoms with Crippen LogP contribution in [-0.4, -0.2) is 16.3 Å². The lowest BCUT2D eigenvalue weighted by molar-refractivity contribution is 0.477. The summed E-state index contributed by atoms with van der Waals surface area (Å²) >= 11 is 0. The highest BCUT2D eigenvalue weighted by atomic mass is 15.3. The van der Waals surface area contributed by atoms with Gasteiger partial charge in [-0.15, -0.1) is 0 Å². The Morgan fingerprint density at radius 1 is 1.67 bits per heavy atom. The first-order chi connectivity index (χ1) is 5.77. The van der Waals surface area contributed by atoms with Gasteiger partial charge in [0.15, 0.2) is 0 Å². The van der Waals surface area contributed by atoms with E-state index in [4.69, 9.17) is 5.73 Å². The fourth-order valence-corrected chi connectivity index (χ4v) is 1.10. The zero-order chi connectivity index (χ0) is 8.97. The molecule has 68 valence electrons. The maximum atomic E-state index is 5.44. The topological polar surface area (TPSA) is 43.8 Å². The number of nitrogens with two attached hydrogens (primary N) is 1. The van der Waals surface area contributed by atoms with Gasteiger partial charge in [-0.2, -0.15) is 5.10 Å². The highest BCUT2D eigenvalue weighted by molar-refractivity contribution is 5.04. The molecule has 0 bridgehead atoms. The van der Waals surface area contributed by atoms with Gasteiger partial charge < -0.3 is 5.73 Å². The summed E-state index contributed by atoms with van der Waals surface area (Å²) in [5, 5.41) is 4.27. The molecule has 0 saturated heterocycles. The lowest BCUT2D eigenvalue weighted by Crippen LogP contribution is -2.04. The first kappa shape index (κ1) is 9.26. The number of hydrogen-bond donors (Lipinski definition) is 1. The standard InChI is InChI=1S/C9H17N3/c1-3-8(2)12-7-9(4-5-10)6-11-12/h6-8H,3-5,10H2,1-2H3/t8-/m1/s1. The van der Waals surface area contributed by atoms with Gasteiger partial charge in [0.2, 0.25) is 0 Å². The molecule has 0 saturated carbocycles. The van der Waals surface area contributed by atoms with Crippen molar-refractivity contribution in [3.05, 3.63) is 18.0 Å². The predicted molar refractivity (Wildman–Crippen MR) is 50.0 cm³/mol. The summed E-state index contributed by atoms with van der Waals surface area (Å²) in [5.41, 5.74) is 6.68. The van der Waals surface area contributed by atoms with Gasteiger partial charge in [-0.1, -0.05) is 6.92 Å². The molecule has 0 aromatic carbocycles. The molecule has 2 N–H and O–H groups in total. The second-order valence-electron chi connectivity index (χ2n) is 3.12. The first-order valence-corrected chi connectivity index (χ1v) is 4.51. The maximum absolute atomic E-state index is 5.44. The van der Waals surface area contributed by atoms with Gasteiger partial charge in [0.25, 0.3) is 0 Å². The summed E-state index contributed by atoms with van der Waals surface area (Å²) in [4.78, 5) is 0. The van der Waals surface area contributed by atoms with Gasteiger partial charge in [0.05, 0.1) is 6.20 Å². The molecule has 1 aromatic heterocycles. The van der Waals surface area contributed by atoms with Crippen molar-refractivity contribution < 1.29 is 0 Å². The summed E-state index contributed by atoms with van der Waals surface area (Å²) in [7, 11) is 0. The Bertz CT molecular complexity index is 229. The van der Waals surface area contributed by atoms with E-state index in [1.165, 1.54) is 5.56 Å². The van der Waals surface area contributed by atoms with Gasteiger partial charge in [-0.05, 0) is 31.9 Å². The quantitative estimate of drug-likeness (QED) is 0.735. The van der Waals surface area contributed by atoms with Crippen molar-refractivity contribution in [3.63, 3.8) is 0 Å². The summed E-state index contributed by atoms with van der Waals surface area (Å²) in [5.74, 6) is 0. The molecule has 0 amide bonds. The summed E-state index contributed by atoms with van der Waals surface area (Å²) < 4.78 is 2.00. The van der Waals surface area contributed by atoms with Crippen LogP contribution >= 0.6 is 0 Å². The molecule has 0 aliphatic rings. The summed E-state index contributed by atoms with van der Waals surface area (Å²) in [6, 6.07) is 0.497. The summed E-state index contributed by atoms with van der Waals surface area (Å²) in [6.07, 6.45) is 6.03. The minimum absolute atomic E-state index is 0.497. The van der Waals surface area contributed by atoms with E-state index >= 15 is 0 Å². The fourth-order valence-electron chi connectivity index (χ4n) is 1.10. The van der Waals surface area contributed by atoms with Crippen molar-refractivity contribution in [2.45, 2.75) is 32.7 Å². The van der Waals surface area contributed by atoms with E-state index in [0.29, 0.717) is 12.6 Å². The van der Waals surface area contributed by atoms with Gasteiger partial charge in [0, 0.05) is 12.2 Å². The second kappa shape index (κ2) is 4.26. The van der Waals surface area contributed by atoms with E-state index in [9.17, 15) is 0 Å². The van der Waals surface area contributed by atoms with Gasteiger partial charge >= 0.3 is 0 Å². The van der Waals surface area contributed by atoms with E-state index < -0.39 is 0 Å². The number of rotatable bonds is 4. The van der Waals surface area contributed by atoms with Gasteiger partial charge in [0.1, 0.15) is 0 Å². The molecule has 3 heteroatoms. The highest BCUT2D eigenvalue weighted by Gasteiger charge is 2.02. The van der Waals surface area contributed by atoms with Crippen LogP contribution in [0.3, 0.4) is 0 Å². The average Bonchev–Trinajstić information content (AvgIpc) is 2.52. The molecule has 0 fully saturated rings. The molecule has 1 heterocycles. The molecule has 12 heavy (non-hydrogen) atoms. The Morgan fingerprint density at radius 3 is 3.00 bits per heavy atom. The highest BCUT2D eigenvalue weighted by Crippen LogP contribution is 2.09. The molecular formula is C9H17N3.